The fraction of sp³-hybridized carbons (Fsp3) is 0.818. The number of carbonyl (C=O) groups excluding carboxylic acids is 1. The highest BCUT2D eigenvalue weighted by Crippen LogP contribution is 2.15. The van der Waals surface area contributed by atoms with Crippen LogP contribution in [0.15, 0.2) is 0 Å². The summed E-state index contributed by atoms with van der Waals surface area (Å²) in [6.07, 6.45) is 0.607. The van der Waals surface area contributed by atoms with Crippen LogP contribution in [0.25, 0.3) is 0 Å². The number of carboxylic acid groups (broad SMARTS) is 1. The molecular formula is C11H21NO4S. The van der Waals surface area contributed by atoms with Crippen molar-refractivity contribution in [3.63, 3.8) is 0 Å². The summed E-state index contributed by atoms with van der Waals surface area (Å²) in [5, 5.41) is 20.9. The van der Waals surface area contributed by atoms with E-state index in [1.165, 1.54) is 0 Å². The van der Waals surface area contributed by atoms with Gasteiger partial charge in [0.2, 0.25) is 5.91 Å². The predicted octanol–water partition coefficient (Wildman–Crippen LogP) is 0.717. The Morgan fingerprint density at radius 1 is 1.35 bits per heavy atom. The summed E-state index contributed by atoms with van der Waals surface area (Å²) in [7, 11) is 0. The normalized spacial score (nSPS) is 14.4. The van der Waals surface area contributed by atoms with E-state index >= 15 is 0 Å². The molecule has 0 saturated carbocycles. The number of rotatable bonds is 8. The molecule has 0 aromatic heterocycles. The van der Waals surface area contributed by atoms with Gasteiger partial charge in [0.05, 0.1) is 17.1 Å². The van der Waals surface area contributed by atoms with Crippen molar-refractivity contribution in [2.45, 2.75) is 32.8 Å². The first kappa shape index (κ1) is 16.2. The molecule has 0 bridgehead atoms. The second-order valence-corrected chi connectivity index (χ2v) is 5.74. The van der Waals surface area contributed by atoms with Crippen molar-refractivity contribution in [2.24, 2.45) is 5.92 Å². The second kappa shape index (κ2) is 7.55. The summed E-state index contributed by atoms with van der Waals surface area (Å²) < 4.78 is 0. The molecule has 0 saturated heterocycles. The van der Waals surface area contributed by atoms with E-state index in [1.807, 2.05) is 13.8 Å². The molecule has 0 radical (unpaired) electrons. The Morgan fingerprint density at radius 2 is 1.94 bits per heavy atom. The monoisotopic (exact) mass is 263 g/mol. The number of nitrogens with one attached hydrogen (secondary N) is 1. The van der Waals surface area contributed by atoms with Gasteiger partial charge >= 0.3 is 5.97 Å². The molecule has 0 aromatic rings. The van der Waals surface area contributed by atoms with Crippen LogP contribution in [-0.2, 0) is 9.59 Å². The molecular weight excluding hydrogens is 242 g/mol. The maximum Gasteiger partial charge on any atom is 0.313 e. The Balaban J connectivity index is 3.79. The van der Waals surface area contributed by atoms with Crippen molar-refractivity contribution in [2.75, 3.05) is 18.1 Å². The van der Waals surface area contributed by atoms with Crippen molar-refractivity contribution in [1.29, 1.82) is 0 Å². The van der Waals surface area contributed by atoms with Gasteiger partial charge in [0.15, 0.2) is 0 Å². The quantitative estimate of drug-likeness (QED) is 0.600. The third kappa shape index (κ3) is 10.1. The highest BCUT2D eigenvalue weighted by Gasteiger charge is 2.22. The minimum Gasteiger partial charge on any atom is -0.481 e. The first-order chi connectivity index (χ1) is 7.73. The molecule has 0 aliphatic carbocycles. The van der Waals surface area contributed by atoms with Crippen molar-refractivity contribution in [3.05, 3.63) is 0 Å². The lowest BCUT2D eigenvalue weighted by Gasteiger charge is -2.25. The molecule has 0 spiro atoms. The standard InChI is InChI=1S/C11H21NO4S/c1-8(2)4-11(3,16)7-12-9(13)5-17-6-10(14)15/h8,16H,4-7H2,1-3H3,(H,12,13)(H,14,15). The molecule has 1 amide bonds. The molecule has 5 nitrogen and oxygen atoms in total. The molecule has 1 atom stereocenters. The molecule has 0 rings (SSSR count). The van der Waals surface area contributed by atoms with E-state index in [2.05, 4.69) is 5.32 Å². The van der Waals surface area contributed by atoms with Crippen molar-refractivity contribution >= 4 is 23.6 Å². The van der Waals surface area contributed by atoms with Crippen LogP contribution in [0.1, 0.15) is 27.2 Å². The molecule has 0 aliphatic rings. The van der Waals surface area contributed by atoms with Gasteiger partial charge in [-0.3, -0.25) is 9.59 Å². The van der Waals surface area contributed by atoms with Crippen LogP contribution >= 0.6 is 11.8 Å². The first-order valence-corrected chi connectivity index (χ1v) is 6.67. The van der Waals surface area contributed by atoms with Crippen LogP contribution in [0.2, 0.25) is 0 Å². The smallest absolute Gasteiger partial charge is 0.313 e. The molecule has 0 aliphatic heterocycles. The highest BCUT2D eigenvalue weighted by atomic mass is 32.2. The van der Waals surface area contributed by atoms with Crippen LogP contribution in [-0.4, -0.2) is 45.7 Å². The third-order valence-electron chi connectivity index (χ3n) is 1.97. The summed E-state index contributed by atoms with van der Waals surface area (Å²) in [5.74, 6) is -0.821. The summed E-state index contributed by atoms with van der Waals surface area (Å²) in [6, 6.07) is 0. The van der Waals surface area contributed by atoms with Crippen molar-refractivity contribution < 1.29 is 19.8 Å². The van der Waals surface area contributed by atoms with E-state index in [0.29, 0.717) is 12.3 Å². The zero-order chi connectivity index (χ0) is 13.5. The molecule has 3 N–H and O–H groups in total. The number of aliphatic hydroxyl groups is 1. The summed E-state index contributed by atoms with van der Waals surface area (Å²) in [6.45, 7) is 5.87. The lowest BCUT2D eigenvalue weighted by molar-refractivity contribution is -0.133. The molecule has 1 unspecified atom stereocenters. The molecule has 0 heterocycles. The molecule has 100 valence electrons. The van der Waals surface area contributed by atoms with Gasteiger partial charge in [-0.2, -0.15) is 0 Å². The SMILES string of the molecule is CC(C)CC(C)(O)CNC(=O)CSCC(=O)O. The number of carbonyl (C=O) groups is 2. The van der Waals surface area contributed by atoms with Gasteiger partial charge in [0.1, 0.15) is 0 Å². The molecule has 0 fully saturated rings. The summed E-state index contributed by atoms with van der Waals surface area (Å²) >= 11 is 1.04. The number of thioether (sulfide) groups is 1. The number of hydrogen-bond donors (Lipinski definition) is 3. The van der Waals surface area contributed by atoms with E-state index in [1.54, 1.807) is 6.92 Å². The topological polar surface area (TPSA) is 86.6 Å². The number of carboxylic acids is 1. The van der Waals surface area contributed by atoms with Gasteiger partial charge in [-0.15, -0.1) is 11.8 Å². The van der Waals surface area contributed by atoms with E-state index in [-0.39, 0.29) is 24.0 Å². The van der Waals surface area contributed by atoms with Crippen molar-refractivity contribution in [3.8, 4) is 0 Å². The van der Waals surface area contributed by atoms with Gasteiger partial charge in [-0.05, 0) is 19.3 Å². The van der Waals surface area contributed by atoms with E-state index < -0.39 is 11.6 Å². The van der Waals surface area contributed by atoms with Gasteiger partial charge in [-0.1, -0.05) is 13.8 Å². The van der Waals surface area contributed by atoms with Gasteiger partial charge in [0.25, 0.3) is 0 Å². The minimum atomic E-state index is -0.936. The van der Waals surface area contributed by atoms with Crippen LogP contribution in [0.5, 0.6) is 0 Å². The largest absolute Gasteiger partial charge is 0.481 e. The zero-order valence-electron chi connectivity index (χ0n) is 10.5. The van der Waals surface area contributed by atoms with Gasteiger partial charge in [-0.25, -0.2) is 0 Å². The lowest BCUT2D eigenvalue weighted by atomic mass is 9.94. The third-order valence-corrected chi connectivity index (χ3v) is 2.89. The van der Waals surface area contributed by atoms with E-state index in [4.69, 9.17) is 5.11 Å². The molecule has 0 aromatic carbocycles. The van der Waals surface area contributed by atoms with E-state index in [0.717, 1.165) is 11.8 Å². The number of aliphatic carboxylic acids is 1. The van der Waals surface area contributed by atoms with Crippen molar-refractivity contribution in [1.82, 2.24) is 5.32 Å². The number of amides is 1. The molecule has 6 heteroatoms. The van der Waals surface area contributed by atoms with Crippen LogP contribution < -0.4 is 5.32 Å². The second-order valence-electron chi connectivity index (χ2n) is 4.76. The van der Waals surface area contributed by atoms with E-state index in [9.17, 15) is 14.7 Å². The Hall–Kier alpha value is -0.750. The fourth-order valence-corrected chi connectivity index (χ4v) is 2.09. The Morgan fingerprint density at radius 3 is 2.41 bits per heavy atom. The fourth-order valence-electron chi connectivity index (χ4n) is 1.52. The Kier molecular flexibility index (Phi) is 7.22. The lowest BCUT2D eigenvalue weighted by Crippen LogP contribution is -2.42. The number of hydrogen-bond acceptors (Lipinski definition) is 4. The Labute approximate surface area is 106 Å². The summed E-state index contributed by atoms with van der Waals surface area (Å²) in [5.41, 5.74) is -0.915. The predicted molar refractivity (Wildman–Crippen MR) is 68.0 cm³/mol. The Bertz CT molecular complexity index is 266. The maximum absolute atomic E-state index is 11.3. The average molecular weight is 263 g/mol. The minimum absolute atomic E-state index is 0.0875. The average Bonchev–Trinajstić information content (AvgIpc) is 2.12. The van der Waals surface area contributed by atoms with Crippen LogP contribution in [0.3, 0.4) is 0 Å². The summed E-state index contributed by atoms with van der Waals surface area (Å²) in [4.78, 5) is 21.5. The maximum atomic E-state index is 11.3. The molecule has 17 heavy (non-hydrogen) atoms. The van der Waals surface area contributed by atoms with Crippen LogP contribution in [0, 0.1) is 5.92 Å². The zero-order valence-corrected chi connectivity index (χ0v) is 11.3. The van der Waals surface area contributed by atoms with Gasteiger partial charge < -0.3 is 15.5 Å². The van der Waals surface area contributed by atoms with Crippen LogP contribution in [0.4, 0.5) is 0 Å². The van der Waals surface area contributed by atoms with Gasteiger partial charge in [0, 0.05) is 6.54 Å². The highest BCUT2D eigenvalue weighted by molar-refractivity contribution is 8.00. The first-order valence-electron chi connectivity index (χ1n) is 5.51.